The fraction of sp³-hybridized carbons (Fsp3) is 0. The number of aromatic nitrogens is 5. The third-order valence-corrected chi connectivity index (χ3v) is 5.00. The molecule has 0 spiro atoms. The minimum Gasteiger partial charge on any atom is -0.438 e. The summed E-state index contributed by atoms with van der Waals surface area (Å²) in [6, 6.07) is 14.3. The van der Waals surface area contributed by atoms with Gasteiger partial charge in [0.15, 0.2) is 10.8 Å². The molecule has 3 N–H and O–H groups in total. The zero-order valence-corrected chi connectivity index (χ0v) is 15.6. The van der Waals surface area contributed by atoms with Gasteiger partial charge in [-0.25, -0.2) is 19.7 Å². The van der Waals surface area contributed by atoms with Crippen molar-refractivity contribution in [3.63, 3.8) is 0 Å². The summed E-state index contributed by atoms with van der Waals surface area (Å²) in [6.07, 6.45) is 3.01. The maximum Gasteiger partial charge on any atom is 0.325 e. The number of carbonyl (C=O) groups is 1. The Kier molecular flexibility index (Phi) is 4.22. The van der Waals surface area contributed by atoms with Crippen molar-refractivity contribution in [3.05, 3.63) is 61.1 Å². The van der Waals surface area contributed by atoms with E-state index >= 15 is 0 Å². The molecule has 0 saturated carbocycles. The second-order valence-electron chi connectivity index (χ2n) is 6.00. The number of thiazole rings is 1. The molecular formula is C19H13N7O2S. The van der Waals surface area contributed by atoms with E-state index in [1.54, 1.807) is 30.5 Å². The van der Waals surface area contributed by atoms with E-state index in [1.807, 2.05) is 24.3 Å². The number of nitrogens with zero attached hydrogens (tertiary/aromatic N) is 4. The molecule has 2 aromatic carbocycles. The van der Waals surface area contributed by atoms with Gasteiger partial charge in [0.1, 0.15) is 17.5 Å². The summed E-state index contributed by atoms with van der Waals surface area (Å²) in [4.78, 5) is 24.8. The molecule has 0 atom stereocenters. The molecule has 0 fully saturated rings. The van der Waals surface area contributed by atoms with Crippen LogP contribution in [0.5, 0.6) is 11.6 Å². The molecule has 10 heteroatoms. The second-order valence-corrected chi connectivity index (χ2v) is 7.03. The molecule has 0 aliphatic heterocycles. The number of aromatic amines is 1. The molecule has 0 aliphatic rings. The molecule has 3 heterocycles. The van der Waals surface area contributed by atoms with Crippen molar-refractivity contribution in [1.82, 2.24) is 25.1 Å². The standard InChI is InChI=1S/C19H13N7O2S/c27-18(25-19-24-14-3-1-2-4-15(14)29-19)23-11-5-7-12(8-6-11)28-17-13-9-22-26-16(13)20-10-21-17/h1-10H,(H,20,21,22,26)(H2,23,24,25,27). The first-order valence-electron chi connectivity index (χ1n) is 8.60. The van der Waals surface area contributed by atoms with Crippen LogP contribution in [-0.2, 0) is 0 Å². The molecule has 142 valence electrons. The first-order valence-corrected chi connectivity index (χ1v) is 9.42. The summed E-state index contributed by atoms with van der Waals surface area (Å²) in [7, 11) is 0. The number of hydrogen-bond acceptors (Lipinski definition) is 7. The van der Waals surface area contributed by atoms with E-state index in [1.165, 1.54) is 17.7 Å². The summed E-state index contributed by atoms with van der Waals surface area (Å²) in [5.41, 5.74) is 2.07. The van der Waals surface area contributed by atoms with Crippen LogP contribution < -0.4 is 15.4 Å². The van der Waals surface area contributed by atoms with Gasteiger partial charge < -0.3 is 10.1 Å². The van der Waals surface area contributed by atoms with E-state index in [9.17, 15) is 4.79 Å². The fourth-order valence-corrected chi connectivity index (χ4v) is 3.59. The van der Waals surface area contributed by atoms with Crippen molar-refractivity contribution in [2.24, 2.45) is 0 Å². The summed E-state index contributed by atoms with van der Waals surface area (Å²) >= 11 is 1.42. The SMILES string of the molecule is O=C(Nc1ccc(Oc2ncnc3[nH]ncc23)cc1)Nc1nc2ccccc2s1. The van der Waals surface area contributed by atoms with E-state index in [-0.39, 0.29) is 6.03 Å². The lowest BCUT2D eigenvalue weighted by Crippen LogP contribution is -2.19. The van der Waals surface area contributed by atoms with Crippen LogP contribution in [0, 0.1) is 0 Å². The highest BCUT2D eigenvalue weighted by Crippen LogP contribution is 2.27. The molecule has 9 nitrogen and oxygen atoms in total. The molecule has 0 radical (unpaired) electrons. The Morgan fingerprint density at radius 1 is 1.03 bits per heavy atom. The van der Waals surface area contributed by atoms with Crippen molar-refractivity contribution in [2.75, 3.05) is 10.6 Å². The fourth-order valence-electron chi connectivity index (χ4n) is 2.73. The number of urea groups is 1. The van der Waals surface area contributed by atoms with Crippen LogP contribution in [0.3, 0.4) is 0 Å². The van der Waals surface area contributed by atoms with Gasteiger partial charge >= 0.3 is 6.03 Å². The van der Waals surface area contributed by atoms with Gasteiger partial charge in [0.05, 0.1) is 16.4 Å². The smallest absolute Gasteiger partial charge is 0.325 e. The Morgan fingerprint density at radius 2 is 1.90 bits per heavy atom. The number of anilines is 2. The lowest BCUT2D eigenvalue weighted by molar-refractivity contribution is 0.262. The molecule has 2 amide bonds. The van der Waals surface area contributed by atoms with Gasteiger partial charge in [-0.2, -0.15) is 5.10 Å². The number of hydrogen-bond donors (Lipinski definition) is 3. The van der Waals surface area contributed by atoms with E-state index in [2.05, 4.69) is 35.8 Å². The van der Waals surface area contributed by atoms with Crippen molar-refractivity contribution in [1.29, 1.82) is 0 Å². The highest BCUT2D eigenvalue weighted by molar-refractivity contribution is 7.22. The first kappa shape index (κ1) is 17.1. The molecule has 29 heavy (non-hydrogen) atoms. The summed E-state index contributed by atoms with van der Waals surface area (Å²) < 4.78 is 6.81. The first-order chi connectivity index (χ1) is 14.2. The van der Waals surface area contributed by atoms with Crippen molar-refractivity contribution >= 4 is 49.4 Å². The number of ether oxygens (including phenoxy) is 1. The average molecular weight is 403 g/mol. The molecule has 0 aliphatic carbocycles. The van der Waals surface area contributed by atoms with E-state index in [4.69, 9.17) is 4.74 Å². The topological polar surface area (TPSA) is 118 Å². The number of fused-ring (bicyclic) bond motifs is 2. The summed E-state index contributed by atoms with van der Waals surface area (Å²) in [6.45, 7) is 0. The minimum absolute atomic E-state index is 0.367. The zero-order chi connectivity index (χ0) is 19.6. The predicted octanol–water partition coefficient (Wildman–Crippen LogP) is 4.40. The van der Waals surface area contributed by atoms with Crippen LogP contribution >= 0.6 is 11.3 Å². The van der Waals surface area contributed by atoms with Gasteiger partial charge in [-0.05, 0) is 36.4 Å². The predicted molar refractivity (Wildman–Crippen MR) is 110 cm³/mol. The van der Waals surface area contributed by atoms with Gasteiger partial charge in [-0.1, -0.05) is 23.5 Å². The molecule has 3 aromatic heterocycles. The average Bonchev–Trinajstić information content (AvgIpc) is 3.36. The Hall–Kier alpha value is -4.05. The Bertz CT molecular complexity index is 1280. The van der Waals surface area contributed by atoms with Gasteiger partial charge in [0.2, 0.25) is 5.88 Å². The Balaban J connectivity index is 1.25. The molecule has 5 aromatic rings. The van der Waals surface area contributed by atoms with E-state index in [0.717, 1.165) is 10.2 Å². The maximum atomic E-state index is 12.2. The maximum absolute atomic E-state index is 12.2. The largest absolute Gasteiger partial charge is 0.438 e. The number of rotatable bonds is 4. The molecule has 0 unspecified atom stereocenters. The van der Waals surface area contributed by atoms with Crippen LogP contribution in [0.2, 0.25) is 0 Å². The van der Waals surface area contributed by atoms with Crippen molar-refractivity contribution in [3.8, 4) is 11.6 Å². The van der Waals surface area contributed by atoms with Gasteiger partial charge in [0.25, 0.3) is 0 Å². The molecular weight excluding hydrogens is 390 g/mol. The van der Waals surface area contributed by atoms with Gasteiger partial charge in [-0.15, -0.1) is 0 Å². The number of nitrogens with one attached hydrogen (secondary N) is 3. The normalized spacial score (nSPS) is 10.9. The lowest BCUT2D eigenvalue weighted by atomic mass is 10.3. The monoisotopic (exact) mass is 403 g/mol. The number of para-hydroxylation sites is 1. The number of H-pyrrole nitrogens is 1. The quantitative estimate of drug-likeness (QED) is 0.409. The van der Waals surface area contributed by atoms with Crippen molar-refractivity contribution < 1.29 is 9.53 Å². The molecule has 5 rings (SSSR count). The second kappa shape index (κ2) is 7.17. The van der Waals surface area contributed by atoms with Crippen molar-refractivity contribution in [2.45, 2.75) is 0 Å². The summed E-state index contributed by atoms with van der Waals surface area (Å²) in [5, 5.41) is 13.4. The van der Waals surface area contributed by atoms with Crippen LogP contribution in [0.25, 0.3) is 21.3 Å². The minimum atomic E-state index is -0.367. The van der Waals surface area contributed by atoms with Gasteiger partial charge in [-0.3, -0.25) is 10.4 Å². The summed E-state index contributed by atoms with van der Waals surface area (Å²) in [5.74, 6) is 0.973. The van der Waals surface area contributed by atoms with Crippen LogP contribution in [-0.4, -0.2) is 31.2 Å². The van der Waals surface area contributed by atoms with Gasteiger partial charge in [0, 0.05) is 5.69 Å². The zero-order valence-electron chi connectivity index (χ0n) is 14.8. The Labute approximate surface area is 167 Å². The van der Waals surface area contributed by atoms with Crippen LogP contribution in [0.1, 0.15) is 0 Å². The third-order valence-electron chi connectivity index (χ3n) is 4.05. The lowest BCUT2D eigenvalue weighted by Gasteiger charge is -2.08. The van der Waals surface area contributed by atoms with Crippen LogP contribution in [0.15, 0.2) is 61.1 Å². The highest BCUT2D eigenvalue weighted by atomic mass is 32.1. The molecule has 0 bridgehead atoms. The third kappa shape index (κ3) is 3.56. The van der Waals surface area contributed by atoms with E-state index < -0.39 is 0 Å². The molecule has 0 saturated heterocycles. The Morgan fingerprint density at radius 3 is 2.76 bits per heavy atom. The van der Waals surface area contributed by atoms with E-state index in [0.29, 0.717) is 33.5 Å². The number of carbonyl (C=O) groups excluding carboxylic acids is 1. The number of amides is 2. The van der Waals surface area contributed by atoms with Crippen LogP contribution in [0.4, 0.5) is 15.6 Å². The highest BCUT2D eigenvalue weighted by Gasteiger charge is 2.10. The number of benzene rings is 2.